The minimum Gasteiger partial charge on any atom is -0.370 e. The largest absolute Gasteiger partial charge is 0.370 e. The van der Waals surface area contributed by atoms with Gasteiger partial charge in [-0.3, -0.25) is 4.99 Å². The SMILES string of the molecule is SC(c1ccccc1Cl)c1ccccc1C1=NCCCN1. The Morgan fingerprint density at radius 2 is 1.76 bits per heavy atom. The smallest absolute Gasteiger partial charge is 0.128 e. The molecule has 1 aliphatic rings. The fourth-order valence-electron chi connectivity index (χ4n) is 2.53. The third-order valence-corrected chi connectivity index (χ3v) is 4.51. The van der Waals surface area contributed by atoms with Crippen molar-refractivity contribution in [2.24, 2.45) is 4.99 Å². The van der Waals surface area contributed by atoms with E-state index in [4.69, 9.17) is 24.2 Å². The molecule has 0 spiro atoms. The van der Waals surface area contributed by atoms with Crippen LogP contribution in [0.15, 0.2) is 53.5 Å². The highest BCUT2D eigenvalue weighted by molar-refractivity contribution is 7.80. The predicted molar refractivity (Wildman–Crippen MR) is 92.7 cm³/mol. The summed E-state index contributed by atoms with van der Waals surface area (Å²) >= 11 is 11.1. The second kappa shape index (κ2) is 6.54. The van der Waals surface area contributed by atoms with Gasteiger partial charge in [-0.05, 0) is 23.6 Å². The highest BCUT2D eigenvalue weighted by Crippen LogP contribution is 2.34. The molecule has 0 bridgehead atoms. The van der Waals surface area contributed by atoms with Crippen molar-refractivity contribution in [1.82, 2.24) is 5.32 Å². The van der Waals surface area contributed by atoms with Crippen molar-refractivity contribution in [3.8, 4) is 0 Å². The summed E-state index contributed by atoms with van der Waals surface area (Å²) in [5.41, 5.74) is 3.26. The van der Waals surface area contributed by atoms with Gasteiger partial charge in [-0.1, -0.05) is 54.1 Å². The van der Waals surface area contributed by atoms with Crippen LogP contribution in [-0.4, -0.2) is 18.9 Å². The standard InChI is InChI=1S/C17H17ClN2S/c18-15-9-4-3-8-14(15)16(21)12-6-1-2-7-13(12)17-19-10-5-11-20-17/h1-4,6-9,16,21H,5,10-11H2,(H,19,20). The van der Waals surface area contributed by atoms with Crippen LogP contribution in [0, 0.1) is 0 Å². The second-order valence-corrected chi connectivity index (χ2v) is 5.95. The van der Waals surface area contributed by atoms with E-state index in [-0.39, 0.29) is 5.25 Å². The van der Waals surface area contributed by atoms with Crippen LogP contribution in [0.1, 0.15) is 28.4 Å². The first kappa shape index (κ1) is 14.5. The molecule has 108 valence electrons. The molecule has 1 aliphatic heterocycles. The minimum atomic E-state index is -0.0682. The van der Waals surface area contributed by atoms with Gasteiger partial charge >= 0.3 is 0 Å². The number of thiol groups is 1. The first-order valence-electron chi connectivity index (χ1n) is 7.07. The molecule has 21 heavy (non-hydrogen) atoms. The molecule has 0 aromatic heterocycles. The molecule has 0 saturated heterocycles. The minimum absolute atomic E-state index is 0.0682. The quantitative estimate of drug-likeness (QED) is 0.819. The zero-order valence-corrected chi connectivity index (χ0v) is 13.2. The maximum Gasteiger partial charge on any atom is 0.128 e. The van der Waals surface area contributed by atoms with E-state index < -0.39 is 0 Å². The predicted octanol–water partition coefficient (Wildman–Crippen LogP) is 4.10. The Morgan fingerprint density at radius 1 is 1.05 bits per heavy atom. The van der Waals surface area contributed by atoms with Crippen LogP contribution < -0.4 is 5.32 Å². The summed E-state index contributed by atoms with van der Waals surface area (Å²) in [5, 5.41) is 4.05. The Morgan fingerprint density at radius 3 is 2.48 bits per heavy atom. The first-order chi connectivity index (χ1) is 10.3. The number of aliphatic imine (C=N–C) groups is 1. The number of benzene rings is 2. The van der Waals surface area contributed by atoms with Crippen molar-refractivity contribution >= 4 is 30.1 Å². The van der Waals surface area contributed by atoms with Crippen LogP contribution in [0.4, 0.5) is 0 Å². The maximum atomic E-state index is 6.31. The molecule has 0 fully saturated rings. The van der Waals surface area contributed by atoms with E-state index in [1.54, 1.807) is 0 Å². The summed E-state index contributed by atoms with van der Waals surface area (Å²) in [6.07, 6.45) is 1.08. The highest BCUT2D eigenvalue weighted by atomic mass is 35.5. The molecule has 2 nitrogen and oxygen atoms in total. The molecule has 0 aliphatic carbocycles. The Balaban J connectivity index is 2.03. The van der Waals surface area contributed by atoms with Crippen molar-refractivity contribution in [1.29, 1.82) is 0 Å². The lowest BCUT2D eigenvalue weighted by molar-refractivity contribution is 0.741. The van der Waals surface area contributed by atoms with Crippen LogP contribution >= 0.6 is 24.2 Å². The molecule has 2 aromatic rings. The molecule has 1 N–H and O–H groups in total. The van der Waals surface area contributed by atoms with Crippen molar-refractivity contribution in [2.45, 2.75) is 11.7 Å². The number of hydrogen-bond acceptors (Lipinski definition) is 3. The average Bonchev–Trinajstić information content (AvgIpc) is 2.55. The van der Waals surface area contributed by atoms with Gasteiger partial charge in [-0.2, -0.15) is 12.6 Å². The van der Waals surface area contributed by atoms with E-state index in [2.05, 4.69) is 22.4 Å². The number of nitrogens with one attached hydrogen (secondary N) is 1. The molecule has 1 unspecified atom stereocenters. The molecule has 0 amide bonds. The number of nitrogens with zero attached hydrogens (tertiary/aromatic N) is 1. The summed E-state index contributed by atoms with van der Waals surface area (Å²) in [5.74, 6) is 0.961. The number of rotatable bonds is 3. The number of amidine groups is 1. The molecule has 1 heterocycles. The summed E-state index contributed by atoms with van der Waals surface area (Å²) in [6.45, 7) is 1.84. The number of hydrogen-bond donors (Lipinski definition) is 2. The van der Waals surface area contributed by atoms with Gasteiger partial charge in [0.1, 0.15) is 5.84 Å². The zero-order valence-electron chi connectivity index (χ0n) is 11.6. The van der Waals surface area contributed by atoms with Gasteiger partial charge in [0.25, 0.3) is 0 Å². The van der Waals surface area contributed by atoms with Gasteiger partial charge in [0, 0.05) is 23.7 Å². The van der Waals surface area contributed by atoms with Crippen molar-refractivity contribution in [3.05, 3.63) is 70.2 Å². The van der Waals surface area contributed by atoms with Gasteiger partial charge in [-0.25, -0.2) is 0 Å². The van der Waals surface area contributed by atoms with Gasteiger partial charge in [0.05, 0.1) is 5.25 Å². The van der Waals surface area contributed by atoms with Gasteiger partial charge in [0.2, 0.25) is 0 Å². The van der Waals surface area contributed by atoms with Crippen LogP contribution in [0.5, 0.6) is 0 Å². The Labute approximate surface area is 135 Å². The first-order valence-corrected chi connectivity index (χ1v) is 7.97. The average molecular weight is 317 g/mol. The third kappa shape index (κ3) is 3.09. The highest BCUT2D eigenvalue weighted by Gasteiger charge is 2.19. The Bertz CT molecular complexity index is 669. The molecule has 0 saturated carbocycles. The monoisotopic (exact) mass is 316 g/mol. The zero-order chi connectivity index (χ0) is 14.7. The lowest BCUT2D eigenvalue weighted by Gasteiger charge is -2.21. The molecule has 0 radical (unpaired) electrons. The van der Waals surface area contributed by atoms with Gasteiger partial charge in [-0.15, -0.1) is 0 Å². The molecule has 3 rings (SSSR count). The van der Waals surface area contributed by atoms with Crippen LogP contribution in [-0.2, 0) is 0 Å². The normalized spacial score (nSPS) is 16.0. The Hall–Kier alpha value is -1.45. The summed E-state index contributed by atoms with van der Waals surface area (Å²) in [7, 11) is 0. The van der Waals surface area contributed by atoms with Crippen molar-refractivity contribution < 1.29 is 0 Å². The third-order valence-electron chi connectivity index (χ3n) is 3.61. The molecular weight excluding hydrogens is 300 g/mol. The molecule has 4 heteroatoms. The van der Waals surface area contributed by atoms with E-state index in [9.17, 15) is 0 Å². The molecular formula is C17H17ClN2S. The number of halogens is 1. The van der Waals surface area contributed by atoms with E-state index in [0.29, 0.717) is 0 Å². The second-order valence-electron chi connectivity index (χ2n) is 5.02. The Kier molecular flexibility index (Phi) is 4.51. The summed E-state index contributed by atoms with van der Waals surface area (Å²) in [4.78, 5) is 4.60. The fourth-order valence-corrected chi connectivity index (χ4v) is 3.30. The topological polar surface area (TPSA) is 24.4 Å². The lowest BCUT2D eigenvalue weighted by atomic mass is 9.98. The maximum absolute atomic E-state index is 6.31. The van der Waals surface area contributed by atoms with E-state index in [0.717, 1.165) is 47.1 Å². The fraction of sp³-hybridized carbons (Fsp3) is 0.235. The van der Waals surface area contributed by atoms with Crippen LogP contribution in [0.25, 0.3) is 0 Å². The summed E-state index contributed by atoms with van der Waals surface area (Å²) < 4.78 is 0. The molecule has 2 aromatic carbocycles. The van der Waals surface area contributed by atoms with Crippen molar-refractivity contribution in [2.75, 3.05) is 13.1 Å². The molecule has 1 atom stereocenters. The van der Waals surface area contributed by atoms with Crippen LogP contribution in [0.2, 0.25) is 5.02 Å². The van der Waals surface area contributed by atoms with E-state index >= 15 is 0 Å². The van der Waals surface area contributed by atoms with Crippen molar-refractivity contribution in [3.63, 3.8) is 0 Å². The van der Waals surface area contributed by atoms with Gasteiger partial charge < -0.3 is 5.32 Å². The van der Waals surface area contributed by atoms with Gasteiger partial charge in [0.15, 0.2) is 0 Å². The van der Waals surface area contributed by atoms with E-state index in [1.807, 2.05) is 36.4 Å². The van der Waals surface area contributed by atoms with Crippen LogP contribution in [0.3, 0.4) is 0 Å². The summed E-state index contributed by atoms with van der Waals surface area (Å²) in [6, 6.07) is 16.1. The lowest BCUT2D eigenvalue weighted by Crippen LogP contribution is -2.31. The van der Waals surface area contributed by atoms with E-state index in [1.165, 1.54) is 0 Å².